The molecular weight excluding hydrogens is 335 g/mol. The van der Waals surface area contributed by atoms with Crippen LogP contribution in [0.2, 0.25) is 5.02 Å². The molecule has 2 aromatic carbocycles. The number of nitrogen functional groups attached to an aromatic ring is 1. The minimum absolute atomic E-state index is 0.00464. The number of anilines is 2. The lowest BCUT2D eigenvalue weighted by atomic mass is 10.2. The standard InChI is InChI=1S/C17H16ClFN2O3/c1-9-13(18)4-3-5-15(9)21-16(22)10(2)24-17(23)12-7-6-11(19)8-14(12)20/h3-8,10H,20H2,1-2H3,(H,21,22)/t10-/m0/s1. The highest BCUT2D eigenvalue weighted by atomic mass is 35.5. The number of carbonyl (C=O) groups excluding carboxylic acids is 2. The van der Waals surface area contributed by atoms with Gasteiger partial charge in [-0.1, -0.05) is 17.7 Å². The fraction of sp³-hybridized carbons (Fsp3) is 0.176. The summed E-state index contributed by atoms with van der Waals surface area (Å²) in [5, 5.41) is 3.15. The molecule has 0 aromatic heterocycles. The van der Waals surface area contributed by atoms with Gasteiger partial charge in [0, 0.05) is 16.4 Å². The number of nitrogens with one attached hydrogen (secondary N) is 1. The van der Waals surface area contributed by atoms with Gasteiger partial charge in [-0.05, 0) is 49.7 Å². The zero-order valence-corrected chi connectivity index (χ0v) is 13.9. The van der Waals surface area contributed by atoms with Gasteiger partial charge in [0.05, 0.1) is 5.56 Å². The first-order valence-corrected chi connectivity index (χ1v) is 7.49. The van der Waals surface area contributed by atoms with Crippen LogP contribution in [0.15, 0.2) is 36.4 Å². The molecule has 0 unspecified atom stereocenters. The van der Waals surface area contributed by atoms with Crippen LogP contribution in [-0.2, 0) is 9.53 Å². The summed E-state index contributed by atoms with van der Waals surface area (Å²) in [5.74, 6) is -1.89. The maximum atomic E-state index is 13.0. The average molecular weight is 351 g/mol. The van der Waals surface area contributed by atoms with Gasteiger partial charge in [0.15, 0.2) is 6.10 Å². The number of amides is 1. The summed E-state index contributed by atoms with van der Waals surface area (Å²) in [5.41, 5.74) is 6.74. The molecule has 0 saturated carbocycles. The quantitative estimate of drug-likeness (QED) is 0.652. The molecule has 24 heavy (non-hydrogen) atoms. The van der Waals surface area contributed by atoms with Crippen molar-refractivity contribution in [3.8, 4) is 0 Å². The molecule has 1 amide bonds. The molecule has 126 valence electrons. The lowest BCUT2D eigenvalue weighted by Gasteiger charge is -2.15. The monoisotopic (exact) mass is 350 g/mol. The van der Waals surface area contributed by atoms with Crippen LogP contribution in [0.25, 0.3) is 0 Å². The zero-order chi connectivity index (χ0) is 17.9. The van der Waals surface area contributed by atoms with Gasteiger partial charge in [-0.2, -0.15) is 0 Å². The van der Waals surface area contributed by atoms with Crippen molar-refractivity contribution in [3.05, 3.63) is 58.4 Å². The number of esters is 1. The van der Waals surface area contributed by atoms with E-state index in [1.165, 1.54) is 13.0 Å². The van der Waals surface area contributed by atoms with Gasteiger partial charge in [0.2, 0.25) is 0 Å². The summed E-state index contributed by atoms with van der Waals surface area (Å²) in [6.45, 7) is 3.18. The highest BCUT2D eigenvalue weighted by molar-refractivity contribution is 6.31. The molecule has 2 aromatic rings. The first-order valence-electron chi connectivity index (χ1n) is 7.11. The third-order valence-corrected chi connectivity index (χ3v) is 3.82. The minimum atomic E-state index is -1.07. The summed E-state index contributed by atoms with van der Waals surface area (Å²) < 4.78 is 18.1. The van der Waals surface area contributed by atoms with E-state index < -0.39 is 23.8 Å². The van der Waals surface area contributed by atoms with Gasteiger partial charge >= 0.3 is 5.97 Å². The van der Waals surface area contributed by atoms with Crippen LogP contribution in [0.1, 0.15) is 22.8 Å². The Kier molecular flexibility index (Phi) is 5.41. The normalized spacial score (nSPS) is 11.7. The van der Waals surface area contributed by atoms with Crippen molar-refractivity contribution in [2.24, 2.45) is 0 Å². The molecule has 0 aliphatic carbocycles. The predicted molar refractivity (Wildman–Crippen MR) is 90.5 cm³/mol. The summed E-state index contributed by atoms with van der Waals surface area (Å²) >= 11 is 5.99. The smallest absolute Gasteiger partial charge is 0.341 e. The Bertz CT molecular complexity index is 795. The van der Waals surface area contributed by atoms with E-state index in [1.807, 2.05) is 0 Å². The van der Waals surface area contributed by atoms with E-state index in [1.54, 1.807) is 25.1 Å². The first-order chi connectivity index (χ1) is 11.3. The van der Waals surface area contributed by atoms with Crippen LogP contribution in [0.5, 0.6) is 0 Å². The van der Waals surface area contributed by atoms with Gasteiger partial charge in [-0.3, -0.25) is 4.79 Å². The Morgan fingerprint density at radius 1 is 1.29 bits per heavy atom. The zero-order valence-electron chi connectivity index (χ0n) is 13.1. The lowest BCUT2D eigenvalue weighted by molar-refractivity contribution is -0.123. The van der Waals surface area contributed by atoms with Gasteiger partial charge in [-0.25, -0.2) is 9.18 Å². The third-order valence-electron chi connectivity index (χ3n) is 3.41. The molecule has 2 rings (SSSR count). The number of benzene rings is 2. The predicted octanol–water partition coefficient (Wildman–Crippen LogP) is 3.55. The SMILES string of the molecule is Cc1c(Cl)cccc1NC(=O)[C@H](C)OC(=O)c1ccc(F)cc1N. The second kappa shape index (κ2) is 7.31. The Morgan fingerprint density at radius 2 is 2.00 bits per heavy atom. The number of rotatable bonds is 4. The highest BCUT2D eigenvalue weighted by Gasteiger charge is 2.21. The maximum Gasteiger partial charge on any atom is 0.341 e. The number of hydrogen-bond donors (Lipinski definition) is 2. The molecule has 0 aliphatic rings. The van der Waals surface area contributed by atoms with Crippen molar-refractivity contribution < 1.29 is 18.7 Å². The van der Waals surface area contributed by atoms with Crippen LogP contribution < -0.4 is 11.1 Å². The number of ether oxygens (including phenoxy) is 1. The molecule has 7 heteroatoms. The molecular formula is C17H16ClFN2O3. The van der Waals surface area contributed by atoms with E-state index in [-0.39, 0.29) is 11.3 Å². The molecule has 5 nitrogen and oxygen atoms in total. The van der Waals surface area contributed by atoms with E-state index >= 15 is 0 Å². The molecule has 0 saturated heterocycles. The lowest BCUT2D eigenvalue weighted by Crippen LogP contribution is -2.30. The second-order valence-electron chi connectivity index (χ2n) is 5.18. The van der Waals surface area contributed by atoms with Crippen molar-refractivity contribution in [1.29, 1.82) is 0 Å². The summed E-state index contributed by atoms with van der Waals surface area (Å²) in [6.07, 6.45) is -1.07. The van der Waals surface area contributed by atoms with Crippen molar-refractivity contribution in [3.63, 3.8) is 0 Å². The highest BCUT2D eigenvalue weighted by Crippen LogP contribution is 2.23. The van der Waals surface area contributed by atoms with E-state index in [9.17, 15) is 14.0 Å². The third kappa shape index (κ3) is 4.02. The second-order valence-corrected chi connectivity index (χ2v) is 5.59. The number of halogens is 2. The topological polar surface area (TPSA) is 81.4 Å². The minimum Gasteiger partial charge on any atom is -0.449 e. The van der Waals surface area contributed by atoms with Crippen LogP contribution in [-0.4, -0.2) is 18.0 Å². The van der Waals surface area contributed by atoms with Crippen LogP contribution in [0.4, 0.5) is 15.8 Å². The van der Waals surface area contributed by atoms with Gasteiger partial charge in [0.25, 0.3) is 5.91 Å². The van der Waals surface area contributed by atoms with Gasteiger partial charge in [0.1, 0.15) is 5.82 Å². The fourth-order valence-corrected chi connectivity index (χ4v) is 2.15. The van der Waals surface area contributed by atoms with E-state index in [2.05, 4.69) is 5.32 Å². The van der Waals surface area contributed by atoms with Crippen LogP contribution in [0.3, 0.4) is 0 Å². The van der Waals surface area contributed by atoms with E-state index in [0.717, 1.165) is 12.1 Å². The molecule has 0 heterocycles. The molecule has 0 spiro atoms. The van der Waals surface area contributed by atoms with E-state index in [4.69, 9.17) is 22.1 Å². The summed E-state index contributed by atoms with van der Waals surface area (Å²) in [7, 11) is 0. The maximum absolute atomic E-state index is 13.0. The summed E-state index contributed by atoms with van der Waals surface area (Å²) in [4.78, 5) is 24.2. The van der Waals surface area contributed by atoms with Gasteiger partial charge in [-0.15, -0.1) is 0 Å². The summed E-state index contributed by atoms with van der Waals surface area (Å²) in [6, 6.07) is 8.39. The molecule has 3 N–H and O–H groups in total. The first kappa shape index (κ1) is 17.7. The number of carbonyl (C=O) groups is 2. The Morgan fingerprint density at radius 3 is 2.67 bits per heavy atom. The van der Waals surface area contributed by atoms with Crippen molar-refractivity contribution >= 4 is 34.9 Å². The van der Waals surface area contributed by atoms with E-state index in [0.29, 0.717) is 16.3 Å². The molecule has 0 aliphatic heterocycles. The van der Waals surface area contributed by atoms with Crippen molar-refractivity contribution in [2.75, 3.05) is 11.1 Å². The number of hydrogen-bond acceptors (Lipinski definition) is 4. The Labute approximate surface area is 143 Å². The van der Waals surface area contributed by atoms with Crippen molar-refractivity contribution in [1.82, 2.24) is 0 Å². The molecule has 0 bridgehead atoms. The molecule has 0 fully saturated rings. The largest absolute Gasteiger partial charge is 0.449 e. The number of nitrogens with two attached hydrogens (primary N) is 1. The van der Waals surface area contributed by atoms with Gasteiger partial charge < -0.3 is 15.8 Å². The van der Waals surface area contributed by atoms with Crippen LogP contribution >= 0.6 is 11.6 Å². The fourth-order valence-electron chi connectivity index (χ4n) is 1.97. The molecule has 0 radical (unpaired) electrons. The van der Waals surface area contributed by atoms with Crippen molar-refractivity contribution in [2.45, 2.75) is 20.0 Å². The molecule has 1 atom stereocenters. The average Bonchev–Trinajstić information content (AvgIpc) is 2.51. The Balaban J connectivity index is 2.06. The Hall–Kier alpha value is -2.60. The van der Waals surface area contributed by atoms with Crippen LogP contribution in [0, 0.1) is 12.7 Å².